The monoisotopic (exact) mass is 278 g/mol. The van der Waals surface area contributed by atoms with E-state index in [-0.39, 0.29) is 18.1 Å². The minimum Gasteiger partial charge on any atom is -0.459 e. The van der Waals surface area contributed by atoms with Gasteiger partial charge in [0.2, 0.25) is 0 Å². The summed E-state index contributed by atoms with van der Waals surface area (Å²) in [5.74, 6) is 0.409. The average Bonchev–Trinajstić information content (AvgIpc) is 3.20. The second-order valence-electron chi connectivity index (χ2n) is 5.69. The van der Waals surface area contributed by atoms with Gasteiger partial charge in [0.15, 0.2) is 5.76 Å². The summed E-state index contributed by atoms with van der Waals surface area (Å²) in [6.07, 6.45) is 5.15. The van der Waals surface area contributed by atoms with E-state index in [1.54, 1.807) is 25.5 Å². The molecule has 2 saturated heterocycles. The van der Waals surface area contributed by atoms with Crippen molar-refractivity contribution in [2.24, 2.45) is 0 Å². The number of hydrogen-bond donors (Lipinski definition) is 0. The number of furan rings is 1. The van der Waals surface area contributed by atoms with E-state index >= 15 is 0 Å². The van der Waals surface area contributed by atoms with Crippen molar-refractivity contribution in [3.05, 3.63) is 24.2 Å². The maximum atomic E-state index is 12.5. The van der Waals surface area contributed by atoms with Crippen LogP contribution < -0.4 is 0 Å². The molecule has 0 aliphatic carbocycles. The highest BCUT2D eigenvalue weighted by Gasteiger charge is 2.37. The van der Waals surface area contributed by atoms with Gasteiger partial charge in [-0.2, -0.15) is 0 Å². The first-order valence-electron chi connectivity index (χ1n) is 7.37. The molecule has 0 radical (unpaired) electrons. The van der Waals surface area contributed by atoms with E-state index in [4.69, 9.17) is 9.15 Å². The number of ether oxygens (including phenoxy) is 1. The van der Waals surface area contributed by atoms with Crippen LogP contribution in [0.25, 0.3) is 0 Å². The van der Waals surface area contributed by atoms with Gasteiger partial charge in [0.1, 0.15) is 0 Å². The molecule has 2 aliphatic heterocycles. The van der Waals surface area contributed by atoms with Crippen LogP contribution in [-0.4, -0.2) is 61.1 Å². The number of nitrogens with zero attached hydrogens (tertiary/aromatic N) is 2. The molecule has 5 heteroatoms. The van der Waals surface area contributed by atoms with Gasteiger partial charge in [-0.3, -0.25) is 4.79 Å². The van der Waals surface area contributed by atoms with Gasteiger partial charge in [-0.1, -0.05) is 0 Å². The second kappa shape index (κ2) is 5.97. The average molecular weight is 278 g/mol. The fraction of sp³-hybridized carbons (Fsp3) is 0.667. The molecule has 110 valence electrons. The molecular weight excluding hydrogens is 256 g/mol. The van der Waals surface area contributed by atoms with Gasteiger partial charge in [-0.25, -0.2) is 0 Å². The standard InChI is InChI=1S/C15H22N2O3/c1-19-13-9-12(10-16-6-2-3-7-16)17(11-13)15(18)14-5-4-8-20-14/h4-5,8,12-13H,2-3,6-7,9-11H2,1H3/t12-,13-/m0/s1. The van der Waals surface area contributed by atoms with Crippen molar-refractivity contribution in [2.45, 2.75) is 31.4 Å². The van der Waals surface area contributed by atoms with Gasteiger partial charge in [0.05, 0.1) is 12.4 Å². The Morgan fingerprint density at radius 2 is 2.25 bits per heavy atom. The Bertz CT molecular complexity index is 440. The summed E-state index contributed by atoms with van der Waals surface area (Å²) in [6, 6.07) is 3.72. The van der Waals surface area contributed by atoms with Crippen molar-refractivity contribution in [2.75, 3.05) is 33.3 Å². The fourth-order valence-electron chi connectivity index (χ4n) is 3.27. The molecule has 20 heavy (non-hydrogen) atoms. The normalized spacial score (nSPS) is 27.4. The van der Waals surface area contributed by atoms with Crippen LogP contribution >= 0.6 is 0 Å². The molecule has 0 N–H and O–H groups in total. The third-order valence-corrected chi connectivity index (χ3v) is 4.37. The highest BCUT2D eigenvalue weighted by atomic mass is 16.5. The number of methoxy groups -OCH3 is 1. The Hall–Kier alpha value is -1.33. The van der Waals surface area contributed by atoms with Crippen LogP contribution in [0.5, 0.6) is 0 Å². The lowest BCUT2D eigenvalue weighted by Crippen LogP contribution is -2.42. The van der Waals surface area contributed by atoms with Crippen LogP contribution in [0.4, 0.5) is 0 Å². The van der Waals surface area contributed by atoms with Crippen LogP contribution in [-0.2, 0) is 4.74 Å². The number of carbonyl (C=O) groups is 1. The third kappa shape index (κ3) is 2.74. The first kappa shape index (κ1) is 13.6. The van der Waals surface area contributed by atoms with Crippen LogP contribution in [0.15, 0.2) is 22.8 Å². The lowest BCUT2D eigenvalue weighted by Gasteiger charge is -2.27. The summed E-state index contributed by atoms with van der Waals surface area (Å²) in [4.78, 5) is 16.9. The molecule has 0 bridgehead atoms. The molecule has 0 aromatic carbocycles. The topological polar surface area (TPSA) is 45.9 Å². The smallest absolute Gasteiger partial charge is 0.289 e. The zero-order valence-electron chi connectivity index (χ0n) is 12.0. The van der Waals surface area contributed by atoms with E-state index in [0.717, 1.165) is 26.1 Å². The summed E-state index contributed by atoms with van der Waals surface area (Å²) in [6.45, 7) is 3.91. The van der Waals surface area contributed by atoms with Crippen LogP contribution in [0.3, 0.4) is 0 Å². The predicted molar refractivity (Wildman–Crippen MR) is 74.6 cm³/mol. The minimum absolute atomic E-state index is 0.0150. The lowest BCUT2D eigenvalue weighted by atomic mass is 10.2. The van der Waals surface area contributed by atoms with Gasteiger partial charge in [-0.15, -0.1) is 0 Å². The van der Waals surface area contributed by atoms with Crippen molar-refractivity contribution in [3.8, 4) is 0 Å². The molecule has 0 spiro atoms. The van der Waals surface area contributed by atoms with E-state index in [1.807, 2.05) is 4.90 Å². The Balaban J connectivity index is 1.70. The largest absolute Gasteiger partial charge is 0.459 e. The SMILES string of the molecule is CO[C@H]1C[C@@H](CN2CCCC2)N(C(=O)c2ccco2)C1. The second-order valence-corrected chi connectivity index (χ2v) is 5.69. The molecule has 0 saturated carbocycles. The number of hydrogen-bond acceptors (Lipinski definition) is 4. The van der Waals surface area contributed by atoms with E-state index < -0.39 is 0 Å². The van der Waals surface area contributed by atoms with Gasteiger partial charge >= 0.3 is 0 Å². The number of rotatable bonds is 4. The highest BCUT2D eigenvalue weighted by Crippen LogP contribution is 2.24. The Morgan fingerprint density at radius 3 is 2.90 bits per heavy atom. The molecule has 3 rings (SSSR count). The van der Waals surface area contributed by atoms with Crippen LogP contribution in [0.2, 0.25) is 0 Å². The Labute approximate surface area is 119 Å². The van der Waals surface area contributed by atoms with Crippen molar-refractivity contribution in [1.82, 2.24) is 9.80 Å². The van der Waals surface area contributed by atoms with Crippen molar-refractivity contribution >= 4 is 5.91 Å². The van der Waals surface area contributed by atoms with E-state index in [0.29, 0.717) is 12.3 Å². The Kier molecular flexibility index (Phi) is 4.08. The molecule has 1 aromatic heterocycles. The first-order valence-corrected chi connectivity index (χ1v) is 7.37. The fourth-order valence-corrected chi connectivity index (χ4v) is 3.27. The van der Waals surface area contributed by atoms with Crippen molar-refractivity contribution in [3.63, 3.8) is 0 Å². The number of amides is 1. The molecule has 2 aliphatic rings. The summed E-state index contributed by atoms with van der Waals surface area (Å²) in [5, 5.41) is 0. The van der Waals surface area contributed by atoms with Crippen molar-refractivity contribution in [1.29, 1.82) is 0 Å². The number of carbonyl (C=O) groups excluding carboxylic acids is 1. The van der Waals surface area contributed by atoms with Gasteiger partial charge in [-0.05, 0) is 44.5 Å². The summed E-state index contributed by atoms with van der Waals surface area (Å²) in [5.41, 5.74) is 0. The third-order valence-electron chi connectivity index (χ3n) is 4.37. The van der Waals surface area contributed by atoms with E-state index in [2.05, 4.69) is 4.90 Å². The van der Waals surface area contributed by atoms with Crippen molar-refractivity contribution < 1.29 is 13.9 Å². The molecule has 5 nitrogen and oxygen atoms in total. The molecule has 0 unspecified atom stereocenters. The highest BCUT2D eigenvalue weighted by molar-refractivity contribution is 5.91. The zero-order valence-corrected chi connectivity index (χ0v) is 12.0. The van der Waals surface area contributed by atoms with E-state index in [1.165, 1.54) is 12.8 Å². The molecule has 1 aromatic rings. The first-order chi connectivity index (χ1) is 9.78. The molecule has 3 heterocycles. The molecule has 2 atom stereocenters. The van der Waals surface area contributed by atoms with Gasteiger partial charge in [0, 0.05) is 26.2 Å². The van der Waals surface area contributed by atoms with Gasteiger partial charge < -0.3 is 19.0 Å². The van der Waals surface area contributed by atoms with Crippen LogP contribution in [0, 0.1) is 0 Å². The number of likely N-dealkylation sites (tertiary alicyclic amines) is 2. The molecular formula is C15H22N2O3. The maximum absolute atomic E-state index is 12.5. The van der Waals surface area contributed by atoms with Gasteiger partial charge in [0.25, 0.3) is 5.91 Å². The quantitative estimate of drug-likeness (QED) is 0.839. The maximum Gasteiger partial charge on any atom is 0.289 e. The summed E-state index contributed by atoms with van der Waals surface area (Å²) < 4.78 is 10.7. The minimum atomic E-state index is -0.0150. The predicted octanol–water partition coefficient (Wildman–Crippen LogP) is 1.60. The molecule has 2 fully saturated rings. The summed E-state index contributed by atoms with van der Waals surface area (Å²) in [7, 11) is 1.72. The lowest BCUT2D eigenvalue weighted by molar-refractivity contribution is 0.0639. The zero-order chi connectivity index (χ0) is 13.9. The Morgan fingerprint density at radius 1 is 1.45 bits per heavy atom. The van der Waals surface area contributed by atoms with Crippen LogP contribution in [0.1, 0.15) is 29.8 Å². The summed E-state index contributed by atoms with van der Waals surface area (Å²) >= 11 is 0. The van der Waals surface area contributed by atoms with E-state index in [9.17, 15) is 4.79 Å². The molecule has 1 amide bonds.